The number of imidazole rings is 1. The van der Waals surface area contributed by atoms with Crippen molar-refractivity contribution in [2.45, 2.75) is 39.4 Å². The molecule has 0 bridgehead atoms. The summed E-state index contributed by atoms with van der Waals surface area (Å²) in [5.41, 5.74) is 2.34. The molecule has 0 saturated heterocycles. The summed E-state index contributed by atoms with van der Waals surface area (Å²) < 4.78 is 4.02. The molecule has 0 aliphatic rings. The van der Waals surface area contributed by atoms with Gasteiger partial charge in [-0.15, -0.1) is 0 Å². The molecule has 0 fully saturated rings. The van der Waals surface area contributed by atoms with Crippen molar-refractivity contribution in [1.82, 2.24) is 24.6 Å². The van der Waals surface area contributed by atoms with Crippen molar-refractivity contribution in [3.05, 3.63) is 36.2 Å². The van der Waals surface area contributed by atoms with Crippen molar-refractivity contribution in [3.8, 4) is 0 Å². The molecule has 2 rings (SSSR count). The van der Waals surface area contributed by atoms with Gasteiger partial charge in [0, 0.05) is 45.0 Å². The van der Waals surface area contributed by atoms with Crippen LogP contribution < -0.4 is 5.32 Å². The van der Waals surface area contributed by atoms with E-state index >= 15 is 0 Å². The van der Waals surface area contributed by atoms with Crippen LogP contribution in [0.2, 0.25) is 0 Å². The first-order valence-corrected chi connectivity index (χ1v) is 6.36. The van der Waals surface area contributed by atoms with Gasteiger partial charge in [0.05, 0.1) is 17.7 Å². The van der Waals surface area contributed by atoms with Gasteiger partial charge in [-0.3, -0.25) is 4.68 Å². The molecule has 0 aliphatic heterocycles. The molecule has 18 heavy (non-hydrogen) atoms. The Balaban J connectivity index is 1.91. The van der Waals surface area contributed by atoms with Gasteiger partial charge in [0.25, 0.3) is 0 Å². The molecule has 5 heteroatoms. The molecule has 0 atom stereocenters. The zero-order valence-corrected chi connectivity index (χ0v) is 11.3. The van der Waals surface area contributed by atoms with E-state index in [4.69, 9.17) is 0 Å². The fraction of sp³-hybridized carbons (Fsp3) is 0.538. The molecule has 0 saturated carbocycles. The number of aromatic nitrogens is 4. The highest BCUT2D eigenvalue weighted by Crippen LogP contribution is 2.03. The topological polar surface area (TPSA) is 47.7 Å². The van der Waals surface area contributed by atoms with Crippen LogP contribution in [0, 0.1) is 0 Å². The third kappa shape index (κ3) is 3.43. The van der Waals surface area contributed by atoms with Crippen molar-refractivity contribution >= 4 is 0 Å². The van der Waals surface area contributed by atoms with Gasteiger partial charge < -0.3 is 9.88 Å². The van der Waals surface area contributed by atoms with Crippen molar-refractivity contribution < 1.29 is 0 Å². The third-order valence-electron chi connectivity index (χ3n) is 2.87. The summed E-state index contributed by atoms with van der Waals surface area (Å²) in [6.07, 6.45) is 6.73. The second-order valence-corrected chi connectivity index (χ2v) is 4.84. The lowest BCUT2D eigenvalue weighted by Crippen LogP contribution is -2.23. The first kappa shape index (κ1) is 12.8. The Hall–Kier alpha value is -1.62. The molecule has 98 valence electrons. The Morgan fingerprint density at radius 1 is 1.39 bits per heavy atom. The predicted molar refractivity (Wildman–Crippen MR) is 71.1 cm³/mol. The minimum absolute atomic E-state index is 0.490. The third-order valence-corrected chi connectivity index (χ3v) is 2.87. The minimum atomic E-state index is 0.490. The number of aryl methyl sites for hydroxylation is 3. The Labute approximate surface area is 108 Å². The average Bonchev–Trinajstić information content (AvgIpc) is 2.92. The summed E-state index contributed by atoms with van der Waals surface area (Å²) in [6, 6.07) is 2.55. The molecular formula is C13H21N5. The summed E-state index contributed by atoms with van der Waals surface area (Å²) in [6.45, 7) is 6.08. The zero-order chi connectivity index (χ0) is 13.0. The van der Waals surface area contributed by atoms with Crippen LogP contribution in [-0.2, 0) is 26.6 Å². The van der Waals surface area contributed by atoms with E-state index in [0.717, 1.165) is 25.2 Å². The van der Waals surface area contributed by atoms with Crippen molar-refractivity contribution in [3.63, 3.8) is 0 Å². The Morgan fingerprint density at radius 3 is 2.89 bits per heavy atom. The zero-order valence-electron chi connectivity index (χ0n) is 11.3. The fourth-order valence-corrected chi connectivity index (χ4v) is 1.84. The number of nitrogens with one attached hydrogen (secondary N) is 1. The summed E-state index contributed by atoms with van der Waals surface area (Å²) in [4.78, 5) is 4.21. The van der Waals surface area contributed by atoms with Crippen LogP contribution >= 0.6 is 0 Å². The fourth-order valence-electron chi connectivity index (χ4n) is 1.84. The molecule has 5 nitrogen and oxygen atoms in total. The quantitative estimate of drug-likeness (QED) is 0.838. The van der Waals surface area contributed by atoms with Gasteiger partial charge in [0.2, 0.25) is 0 Å². The van der Waals surface area contributed by atoms with E-state index in [1.54, 1.807) is 0 Å². The van der Waals surface area contributed by atoms with Gasteiger partial charge in [-0.2, -0.15) is 5.10 Å². The monoisotopic (exact) mass is 247 g/mol. The van der Waals surface area contributed by atoms with Gasteiger partial charge in [-0.25, -0.2) is 4.98 Å². The molecule has 1 N–H and O–H groups in total. The maximum absolute atomic E-state index is 4.38. The van der Waals surface area contributed by atoms with Crippen LogP contribution in [0.4, 0.5) is 0 Å². The van der Waals surface area contributed by atoms with Crippen LogP contribution in [0.1, 0.15) is 25.2 Å². The van der Waals surface area contributed by atoms with Crippen LogP contribution in [0.3, 0.4) is 0 Å². The molecule has 0 unspecified atom stereocenters. The summed E-state index contributed by atoms with van der Waals surface area (Å²) in [5.74, 6) is 0. The Morgan fingerprint density at radius 2 is 2.22 bits per heavy atom. The summed E-state index contributed by atoms with van der Waals surface area (Å²) in [5, 5.41) is 7.79. The molecular weight excluding hydrogens is 226 g/mol. The Bertz CT molecular complexity index is 483. The molecule has 2 aromatic heterocycles. The second kappa shape index (κ2) is 5.82. The van der Waals surface area contributed by atoms with Crippen molar-refractivity contribution in [1.29, 1.82) is 0 Å². The van der Waals surface area contributed by atoms with E-state index in [-0.39, 0.29) is 0 Å². The van der Waals surface area contributed by atoms with Gasteiger partial charge >= 0.3 is 0 Å². The highest BCUT2D eigenvalue weighted by atomic mass is 15.2. The van der Waals surface area contributed by atoms with E-state index in [1.807, 2.05) is 30.5 Å². The van der Waals surface area contributed by atoms with E-state index in [0.29, 0.717) is 6.04 Å². The number of hydrogen-bond donors (Lipinski definition) is 1. The minimum Gasteiger partial charge on any atom is -0.333 e. The van der Waals surface area contributed by atoms with E-state index in [1.165, 1.54) is 5.69 Å². The summed E-state index contributed by atoms with van der Waals surface area (Å²) >= 11 is 0. The highest BCUT2D eigenvalue weighted by Gasteiger charge is 2.04. The van der Waals surface area contributed by atoms with Crippen LogP contribution in [0.25, 0.3) is 0 Å². The lowest BCUT2D eigenvalue weighted by Gasteiger charge is -2.10. The largest absolute Gasteiger partial charge is 0.333 e. The number of nitrogens with zero attached hydrogens (tertiary/aromatic N) is 4. The van der Waals surface area contributed by atoms with Gasteiger partial charge in [-0.1, -0.05) is 13.8 Å². The molecule has 2 heterocycles. The van der Waals surface area contributed by atoms with E-state index < -0.39 is 0 Å². The first-order valence-electron chi connectivity index (χ1n) is 6.36. The smallest absolute Gasteiger partial charge is 0.0948 e. The number of rotatable bonds is 6. The van der Waals surface area contributed by atoms with Gasteiger partial charge in [0.1, 0.15) is 0 Å². The molecule has 0 aromatic carbocycles. The van der Waals surface area contributed by atoms with Crippen molar-refractivity contribution in [2.75, 3.05) is 0 Å². The normalized spacial score (nSPS) is 11.3. The SMILES string of the molecule is CC(C)NCc1cncn1CCc1ccn(C)n1. The van der Waals surface area contributed by atoms with Gasteiger partial charge in [-0.05, 0) is 6.07 Å². The maximum atomic E-state index is 4.38. The van der Waals surface area contributed by atoms with Gasteiger partial charge in [0.15, 0.2) is 0 Å². The first-order chi connectivity index (χ1) is 8.65. The van der Waals surface area contributed by atoms with E-state index in [2.05, 4.69) is 39.9 Å². The summed E-state index contributed by atoms with van der Waals surface area (Å²) in [7, 11) is 1.94. The molecule has 0 amide bonds. The lowest BCUT2D eigenvalue weighted by atomic mass is 10.3. The number of hydrogen-bond acceptors (Lipinski definition) is 3. The van der Waals surface area contributed by atoms with Crippen LogP contribution in [-0.4, -0.2) is 25.4 Å². The van der Waals surface area contributed by atoms with Crippen molar-refractivity contribution in [2.24, 2.45) is 7.05 Å². The van der Waals surface area contributed by atoms with Crippen LogP contribution in [0.5, 0.6) is 0 Å². The Kier molecular flexibility index (Phi) is 4.15. The average molecular weight is 247 g/mol. The molecule has 2 aromatic rings. The maximum Gasteiger partial charge on any atom is 0.0948 e. The van der Waals surface area contributed by atoms with E-state index in [9.17, 15) is 0 Å². The van der Waals surface area contributed by atoms with Crippen LogP contribution in [0.15, 0.2) is 24.8 Å². The molecule has 0 radical (unpaired) electrons. The second-order valence-electron chi connectivity index (χ2n) is 4.84. The lowest BCUT2D eigenvalue weighted by molar-refractivity contribution is 0.552. The molecule has 0 aliphatic carbocycles. The standard InChI is InChI=1S/C13H21N5/c1-11(2)15-9-13-8-14-10-18(13)7-5-12-4-6-17(3)16-12/h4,6,8,10-11,15H,5,7,9H2,1-3H3. The highest BCUT2D eigenvalue weighted by molar-refractivity contribution is 5.02. The molecule has 0 spiro atoms. The predicted octanol–water partition coefficient (Wildman–Crippen LogP) is 1.36.